The maximum Gasteiger partial charge on any atom is 0.252 e. The minimum Gasteiger partial charge on any atom is -0.504 e. The zero-order valence-corrected chi connectivity index (χ0v) is 11.8. The van der Waals surface area contributed by atoms with Gasteiger partial charge in [-0.25, -0.2) is 10.4 Å². The monoisotopic (exact) mass is 288 g/mol. The molecule has 0 spiro atoms. The van der Waals surface area contributed by atoms with Gasteiger partial charge in [0.25, 0.3) is 5.56 Å². The third-order valence-corrected chi connectivity index (χ3v) is 2.57. The van der Waals surface area contributed by atoms with E-state index < -0.39 is 0 Å². The molecule has 0 aliphatic carbocycles. The van der Waals surface area contributed by atoms with Crippen LogP contribution in [0.1, 0.15) is 18.2 Å². The van der Waals surface area contributed by atoms with E-state index in [0.29, 0.717) is 23.6 Å². The van der Waals surface area contributed by atoms with Crippen molar-refractivity contribution in [2.45, 2.75) is 13.8 Å². The number of rotatable bonds is 5. The molecule has 7 heteroatoms. The van der Waals surface area contributed by atoms with Crippen LogP contribution in [0.4, 0.5) is 5.95 Å². The van der Waals surface area contributed by atoms with Crippen molar-refractivity contribution >= 4 is 12.2 Å². The van der Waals surface area contributed by atoms with Gasteiger partial charge in [0.2, 0.25) is 5.95 Å². The van der Waals surface area contributed by atoms with Gasteiger partial charge in [-0.2, -0.15) is 5.10 Å². The highest BCUT2D eigenvalue weighted by atomic mass is 16.5. The molecular weight excluding hydrogens is 272 g/mol. The number of hydrazone groups is 1. The van der Waals surface area contributed by atoms with Gasteiger partial charge in [-0.15, -0.1) is 0 Å². The molecule has 1 aromatic carbocycles. The standard InChI is InChI=1S/C14H16N4O3/c1-3-21-11-6-4-5-10(13(11)20)8-15-18-14-16-9(2)7-12(19)17-14/h4-8,20H,3H2,1-2H3,(H2,16,17,18,19)/b15-8+. The van der Waals surface area contributed by atoms with Crippen molar-refractivity contribution in [2.24, 2.45) is 5.10 Å². The zero-order chi connectivity index (χ0) is 15.2. The molecule has 0 aliphatic heterocycles. The lowest BCUT2D eigenvalue weighted by atomic mass is 10.2. The number of para-hydroxylation sites is 1. The summed E-state index contributed by atoms with van der Waals surface area (Å²) in [5.41, 5.74) is 3.41. The fourth-order valence-corrected chi connectivity index (χ4v) is 1.71. The summed E-state index contributed by atoms with van der Waals surface area (Å²) in [6.45, 7) is 4.00. The molecule has 21 heavy (non-hydrogen) atoms. The molecule has 1 heterocycles. The van der Waals surface area contributed by atoms with E-state index in [4.69, 9.17) is 4.74 Å². The van der Waals surface area contributed by atoms with E-state index in [2.05, 4.69) is 20.5 Å². The number of benzene rings is 1. The second-order valence-electron chi connectivity index (χ2n) is 4.23. The van der Waals surface area contributed by atoms with Gasteiger partial charge in [0.05, 0.1) is 12.8 Å². The molecule has 1 aromatic heterocycles. The predicted octanol–water partition coefficient (Wildman–Crippen LogP) is 1.63. The maximum absolute atomic E-state index is 11.3. The normalized spacial score (nSPS) is 10.8. The summed E-state index contributed by atoms with van der Waals surface area (Å²) in [6.07, 6.45) is 1.42. The van der Waals surface area contributed by atoms with Crippen LogP contribution in [0.5, 0.6) is 11.5 Å². The number of phenols is 1. The summed E-state index contributed by atoms with van der Waals surface area (Å²) >= 11 is 0. The van der Waals surface area contributed by atoms with Crippen molar-refractivity contribution < 1.29 is 9.84 Å². The Labute approximate surface area is 121 Å². The molecule has 0 aliphatic rings. The van der Waals surface area contributed by atoms with Crippen LogP contribution in [-0.2, 0) is 0 Å². The number of hydrogen-bond donors (Lipinski definition) is 3. The number of phenolic OH excluding ortho intramolecular Hbond substituents is 1. The number of nitrogens with one attached hydrogen (secondary N) is 2. The molecule has 7 nitrogen and oxygen atoms in total. The molecule has 0 saturated carbocycles. The molecule has 0 radical (unpaired) electrons. The first-order valence-corrected chi connectivity index (χ1v) is 6.42. The summed E-state index contributed by atoms with van der Waals surface area (Å²) in [6, 6.07) is 6.49. The molecule has 2 aromatic rings. The van der Waals surface area contributed by atoms with Crippen LogP contribution in [-0.4, -0.2) is 27.9 Å². The van der Waals surface area contributed by atoms with Gasteiger partial charge in [-0.3, -0.25) is 9.78 Å². The number of aromatic hydroxyl groups is 1. The van der Waals surface area contributed by atoms with E-state index >= 15 is 0 Å². The maximum atomic E-state index is 11.3. The van der Waals surface area contributed by atoms with Crippen molar-refractivity contribution in [3.63, 3.8) is 0 Å². The Hall–Kier alpha value is -2.83. The van der Waals surface area contributed by atoms with Crippen molar-refractivity contribution in [3.05, 3.63) is 45.9 Å². The van der Waals surface area contributed by atoms with Crippen LogP contribution in [0, 0.1) is 6.92 Å². The average molecular weight is 288 g/mol. The molecule has 2 rings (SSSR count). The first-order valence-electron chi connectivity index (χ1n) is 6.42. The van der Waals surface area contributed by atoms with Gasteiger partial charge in [-0.1, -0.05) is 6.07 Å². The van der Waals surface area contributed by atoms with Crippen molar-refractivity contribution in [1.82, 2.24) is 9.97 Å². The minimum atomic E-state index is -0.263. The van der Waals surface area contributed by atoms with E-state index in [1.54, 1.807) is 25.1 Å². The van der Waals surface area contributed by atoms with Gasteiger partial charge >= 0.3 is 0 Å². The SMILES string of the molecule is CCOc1cccc(/C=N/Nc2nc(C)cc(=O)[nH]2)c1O. The van der Waals surface area contributed by atoms with Crippen LogP contribution < -0.4 is 15.7 Å². The van der Waals surface area contributed by atoms with E-state index in [1.165, 1.54) is 12.3 Å². The average Bonchev–Trinajstić information content (AvgIpc) is 2.42. The van der Waals surface area contributed by atoms with Crippen LogP contribution in [0.25, 0.3) is 0 Å². The molecule has 110 valence electrons. The van der Waals surface area contributed by atoms with Crippen molar-refractivity contribution in [1.29, 1.82) is 0 Å². The summed E-state index contributed by atoms with van der Waals surface area (Å²) in [5.74, 6) is 0.635. The second kappa shape index (κ2) is 6.56. The van der Waals surface area contributed by atoms with Gasteiger partial charge in [0.1, 0.15) is 0 Å². The Balaban J connectivity index is 2.14. The van der Waals surface area contributed by atoms with Gasteiger partial charge in [-0.05, 0) is 26.0 Å². The summed E-state index contributed by atoms with van der Waals surface area (Å²) in [5, 5.41) is 13.9. The van der Waals surface area contributed by atoms with Crippen LogP contribution in [0.3, 0.4) is 0 Å². The van der Waals surface area contributed by atoms with Gasteiger partial charge in [0.15, 0.2) is 11.5 Å². The molecular formula is C14H16N4O3. The third kappa shape index (κ3) is 3.82. The lowest BCUT2D eigenvalue weighted by Crippen LogP contribution is -2.10. The summed E-state index contributed by atoms with van der Waals surface area (Å²) in [7, 11) is 0. The van der Waals surface area contributed by atoms with Gasteiger partial charge < -0.3 is 9.84 Å². The highest BCUT2D eigenvalue weighted by Crippen LogP contribution is 2.28. The Bertz CT molecular complexity index is 710. The lowest BCUT2D eigenvalue weighted by molar-refractivity contribution is 0.318. The Morgan fingerprint density at radius 3 is 3.05 bits per heavy atom. The molecule has 3 N–H and O–H groups in total. The molecule has 0 bridgehead atoms. The topological polar surface area (TPSA) is 99.6 Å². The molecule has 0 amide bonds. The van der Waals surface area contributed by atoms with E-state index in [9.17, 15) is 9.90 Å². The second-order valence-corrected chi connectivity index (χ2v) is 4.23. The number of aryl methyl sites for hydroxylation is 1. The molecule has 0 saturated heterocycles. The van der Waals surface area contributed by atoms with Crippen LogP contribution in [0.2, 0.25) is 0 Å². The number of hydrogen-bond acceptors (Lipinski definition) is 6. The van der Waals surface area contributed by atoms with Crippen molar-refractivity contribution in [2.75, 3.05) is 12.0 Å². The minimum absolute atomic E-state index is 0.00981. The van der Waals surface area contributed by atoms with Crippen LogP contribution >= 0.6 is 0 Å². The predicted molar refractivity (Wildman–Crippen MR) is 80.1 cm³/mol. The quantitative estimate of drug-likeness (QED) is 0.573. The number of ether oxygens (including phenoxy) is 1. The molecule has 0 fully saturated rings. The zero-order valence-electron chi connectivity index (χ0n) is 11.8. The fourth-order valence-electron chi connectivity index (χ4n) is 1.71. The Kier molecular flexibility index (Phi) is 4.55. The van der Waals surface area contributed by atoms with E-state index in [1.807, 2.05) is 6.92 Å². The van der Waals surface area contributed by atoms with Crippen LogP contribution in [0.15, 0.2) is 34.2 Å². The number of H-pyrrole nitrogens is 1. The highest BCUT2D eigenvalue weighted by molar-refractivity contribution is 5.85. The van der Waals surface area contributed by atoms with E-state index in [0.717, 1.165) is 0 Å². The number of aromatic amines is 1. The van der Waals surface area contributed by atoms with E-state index in [-0.39, 0.29) is 17.3 Å². The molecule has 0 atom stereocenters. The number of nitrogens with zero attached hydrogens (tertiary/aromatic N) is 2. The lowest BCUT2D eigenvalue weighted by Gasteiger charge is -2.07. The molecule has 0 unspecified atom stereocenters. The van der Waals surface area contributed by atoms with Crippen molar-refractivity contribution in [3.8, 4) is 11.5 Å². The number of anilines is 1. The first-order chi connectivity index (χ1) is 10.1. The first kappa shape index (κ1) is 14.6. The fraction of sp³-hybridized carbons (Fsp3) is 0.214. The smallest absolute Gasteiger partial charge is 0.252 e. The Morgan fingerprint density at radius 1 is 1.52 bits per heavy atom. The van der Waals surface area contributed by atoms with Gasteiger partial charge in [0, 0.05) is 17.3 Å². The highest BCUT2D eigenvalue weighted by Gasteiger charge is 2.05. The summed E-state index contributed by atoms with van der Waals surface area (Å²) in [4.78, 5) is 17.8. The largest absolute Gasteiger partial charge is 0.504 e. The summed E-state index contributed by atoms with van der Waals surface area (Å²) < 4.78 is 5.28. The number of aromatic nitrogens is 2. The Morgan fingerprint density at radius 2 is 2.33 bits per heavy atom. The third-order valence-electron chi connectivity index (χ3n) is 2.57.